The highest BCUT2D eigenvalue weighted by Gasteiger charge is 2.28. The van der Waals surface area contributed by atoms with Crippen molar-refractivity contribution in [2.75, 3.05) is 13.1 Å². The molecule has 0 N–H and O–H groups in total. The maximum atomic E-state index is 13.3. The van der Waals surface area contributed by atoms with Gasteiger partial charge in [-0.3, -0.25) is 4.79 Å². The molecule has 0 aliphatic carbocycles. The molecule has 0 unspecified atom stereocenters. The molecule has 0 radical (unpaired) electrons. The Morgan fingerprint density at radius 1 is 1.43 bits per heavy atom. The Balaban J connectivity index is 1.77. The van der Waals surface area contributed by atoms with E-state index in [4.69, 9.17) is 0 Å². The lowest BCUT2D eigenvalue weighted by molar-refractivity contribution is 0.0703. The van der Waals surface area contributed by atoms with E-state index in [1.54, 1.807) is 23.4 Å². The molecule has 0 saturated carbocycles. The second kappa shape index (κ2) is 5.63. The Labute approximate surface area is 122 Å². The summed E-state index contributed by atoms with van der Waals surface area (Å²) in [5, 5.41) is 8.03. The highest BCUT2D eigenvalue weighted by molar-refractivity contribution is 5.94. The fourth-order valence-electron chi connectivity index (χ4n) is 2.84. The van der Waals surface area contributed by atoms with E-state index in [1.165, 1.54) is 12.1 Å². The molecule has 6 heteroatoms. The van der Waals surface area contributed by atoms with Crippen LogP contribution >= 0.6 is 0 Å². The zero-order valence-corrected chi connectivity index (χ0v) is 11.9. The third kappa shape index (κ3) is 2.79. The number of nitrogens with zero attached hydrogens (tertiary/aromatic N) is 4. The topological polar surface area (TPSA) is 51.0 Å². The van der Waals surface area contributed by atoms with Gasteiger partial charge in [-0.25, -0.2) is 4.39 Å². The minimum atomic E-state index is -0.386. The fraction of sp³-hybridized carbons (Fsp3) is 0.400. The summed E-state index contributed by atoms with van der Waals surface area (Å²) >= 11 is 0. The molecule has 1 fully saturated rings. The van der Waals surface area contributed by atoms with Crippen molar-refractivity contribution in [3.63, 3.8) is 0 Å². The first-order valence-electron chi connectivity index (χ1n) is 7.04. The molecular weight excluding hydrogens is 271 g/mol. The molecule has 21 heavy (non-hydrogen) atoms. The Hall–Kier alpha value is -2.24. The molecule has 1 aromatic carbocycles. The van der Waals surface area contributed by atoms with Crippen LogP contribution in [-0.2, 0) is 7.05 Å². The van der Waals surface area contributed by atoms with Gasteiger partial charge in [0.1, 0.15) is 18.0 Å². The number of likely N-dealkylation sites (tertiary alicyclic amines) is 1. The first kappa shape index (κ1) is 13.7. The van der Waals surface area contributed by atoms with Crippen LogP contribution in [0.25, 0.3) is 0 Å². The number of amides is 1. The van der Waals surface area contributed by atoms with Gasteiger partial charge < -0.3 is 9.47 Å². The summed E-state index contributed by atoms with van der Waals surface area (Å²) in [6.07, 6.45) is 3.57. The van der Waals surface area contributed by atoms with Crippen molar-refractivity contribution in [2.24, 2.45) is 7.05 Å². The number of piperidine rings is 1. The van der Waals surface area contributed by atoms with Crippen LogP contribution in [0.4, 0.5) is 4.39 Å². The van der Waals surface area contributed by atoms with Crippen LogP contribution < -0.4 is 0 Å². The second-order valence-corrected chi connectivity index (χ2v) is 5.40. The highest BCUT2D eigenvalue weighted by atomic mass is 19.1. The molecule has 2 heterocycles. The molecule has 1 atom stereocenters. The lowest BCUT2D eigenvalue weighted by atomic mass is 9.96. The van der Waals surface area contributed by atoms with Gasteiger partial charge in [0.25, 0.3) is 5.91 Å². The summed E-state index contributed by atoms with van der Waals surface area (Å²) in [6.45, 7) is 1.30. The second-order valence-electron chi connectivity index (χ2n) is 5.40. The first-order valence-corrected chi connectivity index (χ1v) is 7.04. The van der Waals surface area contributed by atoms with Gasteiger partial charge in [-0.2, -0.15) is 0 Å². The summed E-state index contributed by atoms with van der Waals surface area (Å²) < 4.78 is 15.1. The molecule has 5 nitrogen and oxygen atoms in total. The number of hydrogen-bond donors (Lipinski definition) is 0. The normalized spacial score (nSPS) is 18.8. The van der Waals surface area contributed by atoms with E-state index in [2.05, 4.69) is 10.2 Å². The lowest BCUT2D eigenvalue weighted by Gasteiger charge is -2.32. The number of hydrogen-bond acceptors (Lipinski definition) is 3. The van der Waals surface area contributed by atoms with E-state index in [9.17, 15) is 9.18 Å². The molecule has 3 rings (SSSR count). The van der Waals surface area contributed by atoms with Crippen molar-refractivity contribution in [1.29, 1.82) is 0 Å². The smallest absolute Gasteiger partial charge is 0.253 e. The number of aryl methyl sites for hydroxylation is 1. The molecule has 0 spiro atoms. The van der Waals surface area contributed by atoms with Gasteiger partial charge in [-0.15, -0.1) is 10.2 Å². The molecular formula is C15H17FN4O. The average molecular weight is 288 g/mol. The van der Waals surface area contributed by atoms with Gasteiger partial charge in [0, 0.05) is 31.6 Å². The molecule has 1 amide bonds. The van der Waals surface area contributed by atoms with Gasteiger partial charge in [0.05, 0.1) is 0 Å². The lowest BCUT2D eigenvalue weighted by Crippen LogP contribution is -2.39. The standard InChI is InChI=1S/C15H17FN4O/c1-19-10-17-18-14(19)12-5-3-7-20(9-12)15(21)11-4-2-6-13(16)8-11/h2,4,6,8,10,12H,3,5,7,9H2,1H3/t12-/m1/s1. The Morgan fingerprint density at radius 3 is 3.00 bits per heavy atom. The molecule has 110 valence electrons. The molecule has 2 aromatic rings. The largest absolute Gasteiger partial charge is 0.338 e. The van der Waals surface area contributed by atoms with Crippen LogP contribution in [0.1, 0.15) is 34.9 Å². The monoisotopic (exact) mass is 288 g/mol. The zero-order chi connectivity index (χ0) is 14.8. The van der Waals surface area contributed by atoms with Crippen LogP contribution in [0.3, 0.4) is 0 Å². The fourth-order valence-corrected chi connectivity index (χ4v) is 2.84. The number of halogens is 1. The zero-order valence-electron chi connectivity index (χ0n) is 11.9. The van der Waals surface area contributed by atoms with E-state index in [-0.39, 0.29) is 17.6 Å². The Bertz CT molecular complexity index is 655. The summed E-state index contributed by atoms with van der Waals surface area (Å²) in [5.74, 6) is 0.569. The molecule has 0 bridgehead atoms. The van der Waals surface area contributed by atoms with E-state index in [0.29, 0.717) is 18.7 Å². The molecule has 1 aliphatic rings. The average Bonchev–Trinajstić information content (AvgIpc) is 2.93. The van der Waals surface area contributed by atoms with Gasteiger partial charge in [-0.1, -0.05) is 6.07 Å². The van der Waals surface area contributed by atoms with Gasteiger partial charge in [-0.05, 0) is 31.0 Å². The maximum absolute atomic E-state index is 13.3. The maximum Gasteiger partial charge on any atom is 0.253 e. The summed E-state index contributed by atoms with van der Waals surface area (Å²) in [6, 6.07) is 5.84. The van der Waals surface area contributed by atoms with E-state index >= 15 is 0 Å². The SMILES string of the molecule is Cn1cnnc1[C@@H]1CCCN(C(=O)c2cccc(F)c2)C1. The van der Waals surface area contributed by atoms with Crippen molar-refractivity contribution in [2.45, 2.75) is 18.8 Å². The summed E-state index contributed by atoms with van der Waals surface area (Å²) in [4.78, 5) is 14.2. The van der Waals surface area contributed by atoms with Crippen molar-refractivity contribution in [1.82, 2.24) is 19.7 Å². The first-order chi connectivity index (χ1) is 10.1. The van der Waals surface area contributed by atoms with Crippen molar-refractivity contribution < 1.29 is 9.18 Å². The predicted octanol–water partition coefficient (Wildman–Crippen LogP) is 1.97. The Morgan fingerprint density at radius 2 is 2.29 bits per heavy atom. The summed E-state index contributed by atoms with van der Waals surface area (Å²) in [7, 11) is 1.91. The number of carbonyl (C=O) groups is 1. The van der Waals surface area contributed by atoms with Crippen molar-refractivity contribution >= 4 is 5.91 Å². The number of aromatic nitrogens is 3. The quantitative estimate of drug-likeness (QED) is 0.849. The van der Waals surface area contributed by atoms with Crippen LogP contribution in [0.5, 0.6) is 0 Å². The van der Waals surface area contributed by atoms with E-state index in [1.807, 2.05) is 11.6 Å². The van der Waals surface area contributed by atoms with Crippen molar-refractivity contribution in [3.05, 3.63) is 47.8 Å². The third-order valence-corrected chi connectivity index (χ3v) is 3.89. The van der Waals surface area contributed by atoms with Crippen LogP contribution in [-0.4, -0.2) is 38.7 Å². The van der Waals surface area contributed by atoms with Crippen LogP contribution in [0.2, 0.25) is 0 Å². The van der Waals surface area contributed by atoms with Gasteiger partial charge >= 0.3 is 0 Å². The van der Waals surface area contributed by atoms with E-state index < -0.39 is 0 Å². The predicted molar refractivity (Wildman–Crippen MR) is 75.3 cm³/mol. The number of carbonyl (C=O) groups excluding carboxylic acids is 1. The third-order valence-electron chi connectivity index (χ3n) is 3.89. The highest BCUT2D eigenvalue weighted by Crippen LogP contribution is 2.26. The number of rotatable bonds is 2. The molecule has 1 aliphatic heterocycles. The summed E-state index contributed by atoms with van der Waals surface area (Å²) in [5.41, 5.74) is 0.397. The molecule has 1 aromatic heterocycles. The Kier molecular flexibility index (Phi) is 3.68. The van der Waals surface area contributed by atoms with Crippen LogP contribution in [0.15, 0.2) is 30.6 Å². The van der Waals surface area contributed by atoms with Gasteiger partial charge in [0.15, 0.2) is 0 Å². The van der Waals surface area contributed by atoms with Gasteiger partial charge in [0.2, 0.25) is 0 Å². The van der Waals surface area contributed by atoms with Crippen LogP contribution in [0, 0.1) is 5.82 Å². The van der Waals surface area contributed by atoms with Crippen molar-refractivity contribution in [3.8, 4) is 0 Å². The molecule has 1 saturated heterocycles. The minimum Gasteiger partial charge on any atom is -0.338 e. The number of benzene rings is 1. The van der Waals surface area contributed by atoms with E-state index in [0.717, 1.165) is 18.7 Å². The minimum absolute atomic E-state index is 0.124.